The number of aromatic nitrogens is 2. The summed E-state index contributed by atoms with van der Waals surface area (Å²) in [4.78, 5) is 4.25. The third kappa shape index (κ3) is 1.77. The minimum atomic E-state index is 0.673. The van der Waals surface area contributed by atoms with Crippen molar-refractivity contribution < 1.29 is 4.74 Å². The van der Waals surface area contributed by atoms with E-state index in [0.29, 0.717) is 5.88 Å². The monoisotopic (exact) mass is 350 g/mol. The summed E-state index contributed by atoms with van der Waals surface area (Å²) in [5.41, 5.74) is 2.25. The van der Waals surface area contributed by atoms with Crippen LogP contribution in [-0.4, -0.2) is 16.7 Å². The van der Waals surface area contributed by atoms with Gasteiger partial charge >= 0.3 is 0 Å². The van der Waals surface area contributed by atoms with Gasteiger partial charge in [0.2, 0.25) is 5.88 Å². The fraction of sp³-hybridized carbons (Fsp3) is 0.0714. The first-order chi connectivity index (χ1) is 8.81. The molecule has 0 atom stereocenters. The van der Waals surface area contributed by atoms with Crippen LogP contribution in [0.4, 0.5) is 0 Å². The zero-order valence-corrected chi connectivity index (χ0v) is 12.0. The van der Waals surface area contributed by atoms with E-state index >= 15 is 0 Å². The normalized spacial score (nSPS) is 10.8. The van der Waals surface area contributed by atoms with Crippen LogP contribution in [0.25, 0.3) is 16.6 Å². The van der Waals surface area contributed by atoms with E-state index in [1.54, 1.807) is 13.3 Å². The van der Waals surface area contributed by atoms with Crippen molar-refractivity contribution in [2.45, 2.75) is 0 Å². The molecule has 4 heteroatoms. The van der Waals surface area contributed by atoms with Crippen molar-refractivity contribution in [3.05, 3.63) is 52.4 Å². The molecule has 90 valence electrons. The summed E-state index contributed by atoms with van der Waals surface area (Å²) >= 11 is 2.31. The minimum Gasteiger partial charge on any atom is -0.480 e. The zero-order chi connectivity index (χ0) is 12.5. The summed E-state index contributed by atoms with van der Waals surface area (Å²) in [5.74, 6) is 0.673. The van der Waals surface area contributed by atoms with Crippen LogP contribution in [-0.2, 0) is 0 Å². The minimum absolute atomic E-state index is 0.673. The number of pyridine rings is 1. The molecule has 2 heterocycles. The Hall–Kier alpha value is -1.56. The van der Waals surface area contributed by atoms with Gasteiger partial charge in [-0.1, -0.05) is 18.2 Å². The second-order valence-corrected chi connectivity index (χ2v) is 5.06. The summed E-state index contributed by atoms with van der Waals surface area (Å²) in [5, 5.41) is 1.06. The molecule has 0 radical (unpaired) electrons. The number of hydrogen-bond acceptors (Lipinski definition) is 2. The Bertz CT molecular complexity index is 692. The van der Waals surface area contributed by atoms with Crippen molar-refractivity contribution in [1.82, 2.24) is 9.55 Å². The first-order valence-electron chi connectivity index (χ1n) is 5.56. The van der Waals surface area contributed by atoms with Crippen molar-refractivity contribution in [3.63, 3.8) is 0 Å². The van der Waals surface area contributed by atoms with Gasteiger partial charge in [-0.25, -0.2) is 4.98 Å². The van der Waals surface area contributed by atoms with Crippen molar-refractivity contribution in [1.29, 1.82) is 0 Å². The standard InChI is InChI=1S/C14H11IN2O/c1-18-14-13-11(15)9-17(12(13)7-8-16-14)10-5-3-2-4-6-10/h2-9H,1H3. The predicted octanol–water partition coefficient (Wildman–Crippen LogP) is 3.64. The molecule has 0 saturated carbocycles. The molecular formula is C14H11IN2O. The second-order valence-electron chi connectivity index (χ2n) is 3.90. The lowest BCUT2D eigenvalue weighted by atomic mass is 10.3. The Morgan fingerprint density at radius 1 is 1.17 bits per heavy atom. The number of ether oxygens (including phenoxy) is 1. The maximum absolute atomic E-state index is 5.33. The Morgan fingerprint density at radius 2 is 1.94 bits per heavy atom. The number of hydrogen-bond donors (Lipinski definition) is 0. The van der Waals surface area contributed by atoms with Gasteiger partial charge in [-0.15, -0.1) is 0 Å². The second kappa shape index (κ2) is 4.61. The number of benzene rings is 1. The van der Waals surface area contributed by atoms with E-state index < -0.39 is 0 Å². The lowest BCUT2D eigenvalue weighted by molar-refractivity contribution is 0.403. The molecule has 0 N–H and O–H groups in total. The largest absolute Gasteiger partial charge is 0.480 e. The summed E-state index contributed by atoms with van der Waals surface area (Å²) in [6.45, 7) is 0. The lowest BCUT2D eigenvalue weighted by Gasteiger charge is -2.05. The lowest BCUT2D eigenvalue weighted by Crippen LogP contribution is -1.92. The number of methoxy groups -OCH3 is 1. The molecule has 0 aliphatic heterocycles. The average molecular weight is 350 g/mol. The SMILES string of the molecule is COc1nccc2c1c(I)cn2-c1ccccc1. The van der Waals surface area contributed by atoms with Gasteiger partial charge in [0.25, 0.3) is 0 Å². The smallest absolute Gasteiger partial charge is 0.223 e. The van der Waals surface area contributed by atoms with Gasteiger partial charge in [0, 0.05) is 21.7 Å². The summed E-state index contributed by atoms with van der Waals surface area (Å²) < 4.78 is 8.62. The first kappa shape index (κ1) is 11.5. The fourth-order valence-electron chi connectivity index (χ4n) is 2.06. The fourth-order valence-corrected chi connectivity index (χ4v) is 2.85. The molecule has 0 aliphatic carbocycles. The van der Waals surface area contributed by atoms with E-state index in [9.17, 15) is 0 Å². The van der Waals surface area contributed by atoms with Crippen LogP contribution < -0.4 is 4.74 Å². The molecule has 0 fully saturated rings. The Labute approximate surface area is 119 Å². The summed E-state index contributed by atoms with van der Waals surface area (Å²) in [6.07, 6.45) is 3.88. The number of nitrogens with zero attached hydrogens (tertiary/aromatic N) is 2. The third-order valence-electron chi connectivity index (χ3n) is 2.86. The van der Waals surface area contributed by atoms with Crippen molar-refractivity contribution >= 4 is 33.5 Å². The third-order valence-corrected chi connectivity index (χ3v) is 3.68. The van der Waals surface area contributed by atoms with E-state index in [1.807, 2.05) is 24.3 Å². The Kier molecular flexibility index (Phi) is 2.95. The Morgan fingerprint density at radius 3 is 2.67 bits per heavy atom. The molecule has 3 aromatic rings. The topological polar surface area (TPSA) is 27.1 Å². The van der Waals surface area contributed by atoms with Gasteiger partial charge in [0.1, 0.15) is 0 Å². The van der Waals surface area contributed by atoms with Gasteiger partial charge in [-0.05, 0) is 40.8 Å². The number of halogens is 1. The van der Waals surface area contributed by atoms with Gasteiger partial charge in [-0.2, -0.15) is 0 Å². The average Bonchev–Trinajstić information content (AvgIpc) is 2.77. The molecule has 2 aromatic heterocycles. The molecule has 3 nitrogen and oxygen atoms in total. The van der Waals surface area contributed by atoms with Crippen LogP contribution in [0.2, 0.25) is 0 Å². The maximum Gasteiger partial charge on any atom is 0.223 e. The van der Waals surface area contributed by atoms with E-state index in [-0.39, 0.29) is 0 Å². The van der Waals surface area contributed by atoms with E-state index in [4.69, 9.17) is 4.74 Å². The quantitative estimate of drug-likeness (QED) is 0.660. The van der Waals surface area contributed by atoms with Gasteiger partial charge in [-0.3, -0.25) is 0 Å². The van der Waals surface area contributed by atoms with E-state index in [0.717, 1.165) is 20.2 Å². The van der Waals surface area contributed by atoms with Crippen LogP contribution in [0.5, 0.6) is 5.88 Å². The van der Waals surface area contributed by atoms with Crippen LogP contribution >= 0.6 is 22.6 Å². The summed E-state index contributed by atoms with van der Waals surface area (Å²) in [6, 6.07) is 12.3. The first-order valence-corrected chi connectivity index (χ1v) is 6.64. The van der Waals surface area contributed by atoms with Crippen molar-refractivity contribution in [2.24, 2.45) is 0 Å². The van der Waals surface area contributed by atoms with Gasteiger partial charge in [0.05, 0.1) is 18.0 Å². The molecular weight excluding hydrogens is 339 g/mol. The van der Waals surface area contributed by atoms with Crippen LogP contribution in [0.3, 0.4) is 0 Å². The number of fused-ring (bicyclic) bond motifs is 1. The highest BCUT2D eigenvalue weighted by Crippen LogP contribution is 2.31. The van der Waals surface area contributed by atoms with Crippen molar-refractivity contribution in [2.75, 3.05) is 7.11 Å². The molecule has 0 saturated heterocycles. The molecule has 0 unspecified atom stereocenters. The highest BCUT2D eigenvalue weighted by atomic mass is 127. The zero-order valence-electron chi connectivity index (χ0n) is 9.80. The molecule has 1 aromatic carbocycles. The van der Waals surface area contributed by atoms with Gasteiger partial charge < -0.3 is 9.30 Å². The van der Waals surface area contributed by atoms with Crippen molar-refractivity contribution in [3.8, 4) is 11.6 Å². The molecule has 0 bridgehead atoms. The van der Waals surface area contributed by atoms with Crippen LogP contribution in [0.15, 0.2) is 48.8 Å². The van der Waals surface area contributed by atoms with Gasteiger partial charge in [0.15, 0.2) is 0 Å². The van der Waals surface area contributed by atoms with E-state index in [1.165, 1.54) is 0 Å². The molecule has 0 amide bonds. The maximum atomic E-state index is 5.33. The number of para-hydroxylation sites is 1. The molecule has 0 spiro atoms. The number of rotatable bonds is 2. The van der Waals surface area contributed by atoms with Crippen LogP contribution in [0.1, 0.15) is 0 Å². The molecule has 18 heavy (non-hydrogen) atoms. The predicted molar refractivity (Wildman–Crippen MR) is 80.3 cm³/mol. The molecule has 3 rings (SSSR count). The van der Waals surface area contributed by atoms with E-state index in [2.05, 4.69) is 50.5 Å². The van der Waals surface area contributed by atoms with Crippen LogP contribution in [0, 0.1) is 3.57 Å². The summed E-state index contributed by atoms with van der Waals surface area (Å²) in [7, 11) is 1.65. The highest BCUT2D eigenvalue weighted by Gasteiger charge is 2.12. The Balaban J connectivity index is 2.33. The highest BCUT2D eigenvalue weighted by molar-refractivity contribution is 14.1. The molecule has 0 aliphatic rings.